The Labute approximate surface area is 164 Å². The highest BCUT2D eigenvalue weighted by atomic mass is 32.2. The smallest absolute Gasteiger partial charge is 0.176 e. The maximum absolute atomic E-state index is 13.7. The normalized spacial score (nSPS) is 14.7. The second-order valence-corrected chi connectivity index (χ2v) is 8.74. The fraction of sp³-hybridized carbons (Fsp3) is 0.333. The number of halogens is 1. The van der Waals surface area contributed by atoms with Gasteiger partial charge in [0.15, 0.2) is 9.84 Å². The van der Waals surface area contributed by atoms with Crippen molar-refractivity contribution >= 4 is 15.5 Å². The maximum Gasteiger partial charge on any atom is 0.176 e. The fourth-order valence-electron chi connectivity index (χ4n) is 3.29. The molecule has 0 N–H and O–H groups in total. The van der Waals surface area contributed by atoms with Crippen LogP contribution in [0.4, 0.5) is 4.39 Å². The molecule has 1 aliphatic rings. The molecule has 0 atom stereocenters. The first kappa shape index (κ1) is 20.0. The third kappa shape index (κ3) is 4.23. The molecule has 3 rings (SSSR count). The van der Waals surface area contributed by atoms with E-state index in [1.807, 2.05) is 6.07 Å². The van der Waals surface area contributed by atoms with Gasteiger partial charge in [0.25, 0.3) is 0 Å². The number of hydrogen-bond donors (Lipinski definition) is 0. The molecule has 0 aliphatic heterocycles. The Morgan fingerprint density at radius 3 is 2.71 bits per heavy atom. The fourth-order valence-corrected chi connectivity index (χ4v) is 4.22. The van der Waals surface area contributed by atoms with Gasteiger partial charge in [0.05, 0.1) is 16.5 Å². The minimum absolute atomic E-state index is 0.154. The van der Waals surface area contributed by atoms with Crippen LogP contribution in [0.5, 0.6) is 11.5 Å². The summed E-state index contributed by atoms with van der Waals surface area (Å²) in [4.78, 5) is 4.85. The first-order valence-electron chi connectivity index (χ1n) is 9.11. The maximum atomic E-state index is 13.7. The third-order valence-electron chi connectivity index (χ3n) is 4.57. The number of hydrogen-bond acceptors (Lipinski definition) is 5. The zero-order chi connectivity index (χ0) is 20.3. The van der Waals surface area contributed by atoms with Gasteiger partial charge in [-0.2, -0.15) is 5.26 Å². The van der Waals surface area contributed by atoms with E-state index in [0.717, 1.165) is 30.2 Å². The van der Waals surface area contributed by atoms with Gasteiger partial charge in [-0.1, -0.05) is 13.3 Å². The molecule has 0 amide bonds. The van der Waals surface area contributed by atoms with Crippen molar-refractivity contribution < 1.29 is 17.5 Å². The number of nitriles is 1. The zero-order valence-electron chi connectivity index (χ0n) is 15.8. The Morgan fingerprint density at radius 1 is 1.25 bits per heavy atom. The van der Waals surface area contributed by atoms with Gasteiger partial charge in [0.2, 0.25) is 0 Å². The number of fused-ring (bicyclic) bond motifs is 1. The van der Waals surface area contributed by atoms with E-state index in [0.29, 0.717) is 30.7 Å². The van der Waals surface area contributed by atoms with Crippen molar-refractivity contribution in [2.24, 2.45) is 4.99 Å². The molecule has 0 spiro atoms. The Balaban J connectivity index is 2.07. The number of aliphatic imine (C=N–C) groups is 1. The van der Waals surface area contributed by atoms with Crippen LogP contribution in [0.25, 0.3) is 0 Å². The second kappa shape index (κ2) is 8.11. The van der Waals surface area contributed by atoms with Crippen LogP contribution in [-0.4, -0.2) is 26.9 Å². The summed E-state index contributed by atoms with van der Waals surface area (Å²) in [7, 11) is -3.44. The van der Waals surface area contributed by atoms with Gasteiger partial charge in [0.1, 0.15) is 17.3 Å². The molecular formula is C21H21FN2O3S. The van der Waals surface area contributed by atoms with Gasteiger partial charge in [-0.25, -0.2) is 12.8 Å². The third-order valence-corrected chi connectivity index (χ3v) is 5.71. The Kier molecular flexibility index (Phi) is 5.80. The van der Waals surface area contributed by atoms with Crippen molar-refractivity contribution in [1.29, 1.82) is 5.26 Å². The van der Waals surface area contributed by atoms with Crippen LogP contribution in [0.15, 0.2) is 40.2 Å². The van der Waals surface area contributed by atoms with E-state index in [1.165, 1.54) is 24.5 Å². The Morgan fingerprint density at radius 2 is 2.04 bits per heavy atom. The lowest BCUT2D eigenvalue weighted by Crippen LogP contribution is -2.08. The summed E-state index contributed by atoms with van der Waals surface area (Å²) in [5.41, 5.74) is 2.28. The molecule has 0 heterocycles. The minimum atomic E-state index is -3.44. The summed E-state index contributed by atoms with van der Waals surface area (Å²) in [5, 5.41) is 9.02. The number of sulfone groups is 1. The molecule has 7 heteroatoms. The van der Waals surface area contributed by atoms with Gasteiger partial charge in [0, 0.05) is 35.7 Å². The second-order valence-electron chi connectivity index (χ2n) is 6.76. The quantitative estimate of drug-likeness (QED) is 0.672. The van der Waals surface area contributed by atoms with Crippen molar-refractivity contribution in [3.8, 4) is 17.6 Å². The van der Waals surface area contributed by atoms with Crippen molar-refractivity contribution in [3.63, 3.8) is 0 Å². The molecule has 0 fully saturated rings. The average molecular weight is 400 g/mol. The SMILES string of the molecule is CCCC/N=C1/CCc2c(Oc3cc(F)cc(C#N)c3)ccc(S(C)(=O)=O)c21. The molecule has 5 nitrogen and oxygen atoms in total. The summed E-state index contributed by atoms with van der Waals surface area (Å²) in [6.45, 7) is 2.72. The highest BCUT2D eigenvalue weighted by Gasteiger charge is 2.29. The number of ether oxygens (including phenoxy) is 1. The summed E-state index contributed by atoms with van der Waals surface area (Å²) in [6.07, 6.45) is 4.35. The summed E-state index contributed by atoms with van der Waals surface area (Å²) < 4.78 is 44.1. The Bertz CT molecular complexity index is 1090. The molecule has 2 aromatic rings. The number of unbranched alkanes of at least 4 members (excludes halogenated alkanes) is 1. The van der Waals surface area contributed by atoms with Crippen LogP contribution in [-0.2, 0) is 16.3 Å². The zero-order valence-corrected chi connectivity index (χ0v) is 16.6. The molecule has 0 unspecified atom stereocenters. The first-order valence-corrected chi connectivity index (χ1v) is 11.0. The molecule has 0 radical (unpaired) electrons. The molecule has 1 aliphatic carbocycles. The molecule has 28 heavy (non-hydrogen) atoms. The minimum Gasteiger partial charge on any atom is -0.457 e. The highest BCUT2D eigenvalue weighted by molar-refractivity contribution is 7.90. The van der Waals surface area contributed by atoms with Crippen LogP contribution in [0.2, 0.25) is 0 Å². The van der Waals surface area contributed by atoms with Crippen molar-refractivity contribution in [2.75, 3.05) is 12.8 Å². The van der Waals surface area contributed by atoms with Gasteiger partial charge in [-0.3, -0.25) is 4.99 Å². The molecule has 0 saturated heterocycles. The van der Waals surface area contributed by atoms with E-state index in [2.05, 4.69) is 11.9 Å². The summed E-state index contributed by atoms with van der Waals surface area (Å²) in [6, 6.07) is 8.76. The van der Waals surface area contributed by atoms with Gasteiger partial charge >= 0.3 is 0 Å². The van der Waals surface area contributed by atoms with Crippen LogP contribution < -0.4 is 4.74 Å². The molecular weight excluding hydrogens is 379 g/mol. The van der Waals surface area contributed by atoms with Crippen LogP contribution >= 0.6 is 0 Å². The van der Waals surface area contributed by atoms with Crippen molar-refractivity contribution in [3.05, 3.63) is 52.8 Å². The summed E-state index contributed by atoms with van der Waals surface area (Å²) in [5.74, 6) is 0.0834. The highest BCUT2D eigenvalue weighted by Crippen LogP contribution is 2.38. The van der Waals surface area contributed by atoms with E-state index in [9.17, 15) is 12.8 Å². The van der Waals surface area contributed by atoms with Gasteiger partial charge in [-0.15, -0.1) is 0 Å². The van der Waals surface area contributed by atoms with Crippen LogP contribution in [0, 0.1) is 17.1 Å². The topological polar surface area (TPSA) is 79.5 Å². The largest absolute Gasteiger partial charge is 0.457 e. The lowest BCUT2D eigenvalue weighted by atomic mass is 10.1. The predicted octanol–water partition coefficient (Wildman–Crippen LogP) is 4.43. The van der Waals surface area contributed by atoms with Gasteiger partial charge in [-0.05, 0) is 43.5 Å². The molecule has 146 valence electrons. The van der Waals surface area contributed by atoms with Gasteiger partial charge < -0.3 is 4.74 Å². The van der Waals surface area contributed by atoms with E-state index in [1.54, 1.807) is 6.07 Å². The predicted molar refractivity (Wildman–Crippen MR) is 105 cm³/mol. The Hall–Kier alpha value is -2.72. The lowest BCUT2D eigenvalue weighted by Gasteiger charge is -2.14. The summed E-state index contributed by atoms with van der Waals surface area (Å²) >= 11 is 0. The van der Waals surface area contributed by atoms with Crippen molar-refractivity contribution in [2.45, 2.75) is 37.5 Å². The first-order chi connectivity index (χ1) is 13.3. The molecule has 2 aromatic carbocycles. The number of benzene rings is 2. The average Bonchev–Trinajstić information content (AvgIpc) is 3.05. The van der Waals surface area contributed by atoms with Crippen LogP contribution in [0.1, 0.15) is 42.9 Å². The number of nitrogens with zero attached hydrogens (tertiary/aromatic N) is 2. The van der Waals surface area contributed by atoms with E-state index >= 15 is 0 Å². The van der Waals surface area contributed by atoms with E-state index in [4.69, 9.17) is 10.00 Å². The van der Waals surface area contributed by atoms with Crippen LogP contribution in [0.3, 0.4) is 0 Å². The lowest BCUT2D eigenvalue weighted by molar-refractivity contribution is 0.470. The molecule has 0 saturated carbocycles. The monoisotopic (exact) mass is 400 g/mol. The molecule has 0 bridgehead atoms. The number of rotatable bonds is 6. The van der Waals surface area contributed by atoms with Crippen molar-refractivity contribution in [1.82, 2.24) is 0 Å². The molecule has 0 aromatic heterocycles. The van der Waals surface area contributed by atoms with E-state index in [-0.39, 0.29) is 16.2 Å². The standard InChI is InChI=1S/C21H21FN2O3S/c1-3-4-9-24-18-6-5-17-19(7-8-20(21(17)18)28(2,25)26)27-16-11-14(13-23)10-15(22)12-16/h7-8,10-12H,3-6,9H2,1-2H3/b24-18-. The van der Waals surface area contributed by atoms with E-state index < -0.39 is 15.7 Å².